The Balaban J connectivity index is 1.39. The maximum absolute atomic E-state index is 16.1. The number of aromatic nitrogens is 2. The summed E-state index contributed by atoms with van der Waals surface area (Å²) in [6.45, 7) is 11.7. The molecule has 2 heterocycles. The van der Waals surface area contributed by atoms with Gasteiger partial charge in [-0.15, -0.1) is 0 Å². The van der Waals surface area contributed by atoms with Crippen LogP contribution in [0.15, 0.2) is 43.2 Å². The van der Waals surface area contributed by atoms with Crippen LogP contribution in [0.2, 0.25) is 5.02 Å². The first-order valence-corrected chi connectivity index (χ1v) is 15.0. The van der Waals surface area contributed by atoms with Gasteiger partial charge in [0.1, 0.15) is 41.4 Å². The van der Waals surface area contributed by atoms with Gasteiger partial charge < -0.3 is 28.7 Å². The number of esters is 1. The molecule has 1 saturated heterocycles. The highest BCUT2D eigenvalue weighted by atomic mass is 35.5. The molecule has 0 N–H and O–H groups in total. The fraction of sp³-hybridized carbons (Fsp3) is 0.438. The summed E-state index contributed by atoms with van der Waals surface area (Å²) in [6, 6.07) is 5.70. The van der Waals surface area contributed by atoms with Gasteiger partial charge in [-0.1, -0.05) is 24.2 Å². The number of ether oxygens (including phenoxy) is 4. The summed E-state index contributed by atoms with van der Waals surface area (Å²) in [6.07, 6.45) is 2.66. The first kappa shape index (κ1) is 34.0. The number of hydrogen-bond acceptors (Lipinski definition) is 9. The van der Waals surface area contributed by atoms with Gasteiger partial charge in [-0.3, -0.25) is 9.59 Å². The predicted molar refractivity (Wildman–Crippen MR) is 166 cm³/mol. The standard InChI is InChI=1S/C32H37ClF2N4O6/c1-5-25(40)38-10-12-39(13-11-38)31-21-19-22(33)27(29(35)30(21)36-20-37-31)28-23(34)7-6-8-24(28)44-18-17-43-16-15-42-14-9-26(41)45-32(2,3)4/h5-8,19-20H,1,9-18H2,2-4H3. The number of carbonyl (C=O) groups is 2. The minimum atomic E-state index is -0.809. The molecule has 1 aromatic heterocycles. The quantitative estimate of drug-likeness (QED) is 0.141. The van der Waals surface area contributed by atoms with Crippen molar-refractivity contribution in [3.05, 3.63) is 59.9 Å². The van der Waals surface area contributed by atoms with Gasteiger partial charge in [-0.05, 0) is 45.0 Å². The maximum Gasteiger partial charge on any atom is 0.308 e. The van der Waals surface area contributed by atoms with Gasteiger partial charge >= 0.3 is 5.97 Å². The third-order valence-electron chi connectivity index (χ3n) is 6.82. The number of rotatable bonds is 13. The Morgan fingerprint density at radius 1 is 1.00 bits per heavy atom. The number of anilines is 1. The summed E-state index contributed by atoms with van der Waals surface area (Å²) in [7, 11) is 0. The van der Waals surface area contributed by atoms with Crippen LogP contribution in [0.3, 0.4) is 0 Å². The van der Waals surface area contributed by atoms with Gasteiger partial charge in [-0.25, -0.2) is 18.7 Å². The van der Waals surface area contributed by atoms with E-state index < -0.39 is 17.2 Å². The average molecular weight is 647 g/mol. The molecule has 0 unspecified atom stereocenters. The molecular weight excluding hydrogens is 610 g/mol. The van der Waals surface area contributed by atoms with E-state index in [2.05, 4.69) is 16.5 Å². The lowest BCUT2D eigenvalue weighted by Gasteiger charge is -2.35. The van der Waals surface area contributed by atoms with E-state index in [1.54, 1.807) is 25.7 Å². The van der Waals surface area contributed by atoms with Crippen LogP contribution in [-0.4, -0.2) is 91.6 Å². The number of halogens is 3. The largest absolute Gasteiger partial charge is 0.490 e. The Labute approximate surface area is 265 Å². The zero-order chi connectivity index (χ0) is 32.6. The molecule has 1 fully saturated rings. The second-order valence-corrected chi connectivity index (χ2v) is 11.6. The van der Waals surface area contributed by atoms with Gasteiger partial charge in [0.2, 0.25) is 5.91 Å². The lowest BCUT2D eigenvalue weighted by atomic mass is 10.0. The highest BCUT2D eigenvalue weighted by Gasteiger charge is 2.26. The lowest BCUT2D eigenvalue weighted by Crippen LogP contribution is -2.48. The van der Waals surface area contributed by atoms with Crippen LogP contribution >= 0.6 is 11.6 Å². The number of hydrogen-bond donors (Lipinski definition) is 0. The monoisotopic (exact) mass is 646 g/mol. The van der Waals surface area contributed by atoms with E-state index in [1.807, 2.05) is 4.90 Å². The summed E-state index contributed by atoms with van der Waals surface area (Å²) >= 11 is 6.61. The Morgan fingerprint density at radius 3 is 2.38 bits per heavy atom. The third-order valence-corrected chi connectivity index (χ3v) is 7.12. The molecule has 10 nitrogen and oxygen atoms in total. The highest BCUT2D eigenvalue weighted by molar-refractivity contribution is 6.34. The molecule has 0 atom stereocenters. The summed E-state index contributed by atoms with van der Waals surface area (Å²) in [5.74, 6) is -1.47. The third kappa shape index (κ3) is 8.86. The van der Waals surface area contributed by atoms with Crippen LogP contribution in [0, 0.1) is 11.6 Å². The van der Waals surface area contributed by atoms with Crippen LogP contribution in [0.4, 0.5) is 14.6 Å². The van der Waals surface area contributed by atoms with Crippen LogP contribution in [0.25, 0.3) is 22.0 Å². The molecule has 1 amide bonds. The summed E-state index contributed by atoms with van der Waals surface area (Å²) in [5, 5.41) is 0.332. The Bertz CT molecular complexity index is 1530. The smallest absolute Gasteiger partial charge is 0.308 e. The molecule has 4 rings (SSSR count). The number of benzene rings is 2. The van der Waals surface area contributed by atoms with Crippen molar-refractivity contribution in [2.24, 2.45) is 0 Å². The second-order valence-electron chi connectivity index (χ2n) is 11.2. The van der Waals surface area contributed by atoms with Crippen LogP contribution < -0.4 is 9.64 Å². The molecule has 45 heavy (non-hydrogen) atoms. The summed E-state index contributed by atoms with van der Waals surface area (Å²) < 4.78 is 53.3. The first-order chi connectivity index (χ1) is 21.5. The van der Waals surface area contributed by atoms with Gasteiger partial charge in [0, 0.05) is 37.1 Å². The lowest BCUT2D eigenvalue weighted by molar-refractivity contribution is -0.156. The Kier molecular flexibility index (Phi) is 11.7. The molecule has 13 heteroatoms. The Hall–Kier alpha value is -3.87. The fourth-order valence-electron chi connectivity index (χ4n) is 4.81. The van der Waals surface area contributed by atoms with Gasteiger partial charge in [0.25, 0.3) is 0 Å². The van der Waals surface area contributed by atoms with Crippen molar-refractivity contribution in [2.45, 2.75) is 32.8 Å². The van der Waals surface area contributed by atoms with Crippen molar-refractivity contribution in [3.63, 3.8) is 0 Å². The van der Waals surface area contributed by atoms with E-state index in [-0.39, 0.29) is 78.7 Å². The molecule has 2 aromatic carbocycles. The zero-order valence-corrected chi connectivity index (χ0v) is 26.4. The van der Waals surface area contributed by atoms with Gasteiger partial charge in [-0.2, -0.15) is 0 Å². The van der Waals surface area contributed by atoms with E-state index in [4.69, 9.17) is 30.5 Å². The average Bonchev–Trinajstić information content (AvgIpc) is 3.00. The van der Waals surface area contributed by atoms with Crippen molar-refractivity contribution < 1.29 is 37.3 Å². The van der Waals surface area contributed by atoms with Gasteiger partial charge in [0.05, 0.1) is 43.4 Å². The summed E-state index contributed by atoms with van der Waals surface area (Å²) in [5.41, 5.74) is -0.878. The normalized spacial score (nSPS) is 13.6. The zero-order valence-electron chi connectivity index (χ0n) is 25.6. The van der Waals surface area contributed by atoms with E-state index in [9.17, 15) is 9.59 Å². The van der Waals surface area contributed by atoms with Gasteiger partial charge in [0.15, 0.2) is 5.82 Å². The van der Waals surface area contributed by atoms with Crippen LogP contribution in [0.5, 0.6) is 5.75 Å². The van der Waals surface area contributed by atoms with Crippen molar-refractivity contribution in [1.82, 2.24) is 14.9 Å². The minimum absolute atomic E-state index is 0.0202. The number of carbonyl (C=O) groups excluding carboxylic acids is 2. The number of nitrogens with zero attached hydrogens (tertiary/aromatic N) is 4. The molecule has 3 aromatic rings. The second kappa shape index (κ2) is 15.4. The van der Waals surface area contributed by atoms with E-state index in [1.165, 1.54) is 36.7 Å². The topological polar surface area (TPSA) is 103 Å². The van der Waals surface area contributed by atoms with Crippen LogP contribution in [0.1, 0.15) is 27.2 Å². The molecule has 242 valence electrons. The van der Waals surface area contributed by atoms with E-state index in [0.29, 0.717) is 37.4 Å². The number of fused-ring (bicyclic) bond motifs is 1. The molecule has 0 aliphatic carbocycles. The highest BCUT2D eigenvalue weighted by Crippen LogP contribution is 2.42. The molecule has 0 radical (unpaired) electrons. The molecule has 1 aliphatic rings. The predicted octanol–water partition coefficient (Wildman–Crippen LogP) is 5.21. The SMILES string of the molecule is C=CC(=O)N1CCN(c2ncnc3c(F)c(-c4c(F)cccc4OCCOCCOCCC(=O)OC(C)(C)C)c(Cl)cc23)CC1. The molecule has 0 bridgehead atoms. The van der Waals surface area contributed by atoms with Crippen molar-refractivity contribution in [2.75, 3.05) is 64.1 Å². The minimum Gasteiger partial charge on any atom is -0.490 e. The van der Waals surface area contributed by atoms with Crippen molar-refractivity contribution in [3.8, 4) is 16.9 Å². The summed E-state index contributed by atoms with van der Waals surface area (Å²) in [4.78, 5) is 35.8. The van der Waals surface area contributed by atoms with Crippen molar-refractivity contribution >= 4 is 40.2 Å². The molecule has 1 aliphatic heterocycles. The first-order valence-electron chi connectivity index (χ1n) is 14.6. The Morgan fingerprint density at radius 2 is 1.69 bits per heavy atom. The molecule has 0 spiro atoms. The maximum atomic E-state index is 16.1. The molecular formula is C32H37ClF2N4O6. The number of piperazine rings is 1. The number of amides is 1. The fourth-order valence-corrected chi connectivity index (χ4v) is 5.10. The van der Waals surface area contributed by atoms with Crippen molar-refractivity contribution in [1.29, 1.82) is 0 Å². The van der Waals surface area contributed by atoms with Crippen LogP contribution in [-0.2, 0) is 23.8 Å². The van der Waals surface area contributed by atoms with E-state index >= 15 is 8.78 Å². The molecule has 0 saturated carbocycles. The van der Waals surface area contributed by atoms with E-state index in [0.717, 1.165) is 0 Å².